The van der Waals surface area contributed by atoms with Crippen molar-refractivity contribution >= 4 is 5.65 Å². The Hall–Kier alpha value is -3.19. The van der Waals surface area contributed by atoms with Crippen LogP contribution in [0.15, 0.2) is 70.5 Å². The lowest BCUT2D eigenvalue weighted by Crippen LogP contribution is -2.25. The van der Waals surface area contributed by atoms with Crippen LogP contribution in [-0.2, 0) is 19.6 Å². The summed E-state index contributed by atoms with van der Waals surface area (Å²) in [5.74, 6) is 0.864. The molecule has 0 spiro atoms. The second kappa shape index (κ2) is 6.74. The minimum Gasteiger partial charge on any atom is -0.468 e. The number of nitrogens with zero attached hydrogens (tertiary/aromatic N) is 4. The van der Waals surface area contributed by atoms with Gasteiger partial charge in [0.25, 0.3) is 5.56 Å². The van der Waals surface area contributed by atoms with Crippen molar-refractivity contribution in [2.45, 2.75) is 19.6 Å². The molecule has 4 aromatic rings. The van der Waals surface area contributed by atoms with E-state index in [4.69, 9.17) is 4.42 Å². The van der Waals surface area contributed by atoms with Crippen molar-refractivity contribution in [2.75, 3.05) is 0 Å². The maximum Gasteiger partial charge on any atom is 0.272 e. The van der Waals surface area contributed by atoms with Gasteiger partial charge in [0.05, 0.1) is 18.5 Å². The van der Waals surface area contributed by atoms with E-state index in [2.05, 4.69) is 20.0 Å². The molecule has 25 heavy (non-hydrogen) atoms. The molecule has 0 bridgehead atoms. The molecule has 0 saturated carbocycles. The molecule has 0 amide bonds. The zero-order valence-corrected chi connectivity index (χ0v) is 13.5. The highest BCUT2D eigenvalue weighted by Gasteiger charge is 2.12. The van der Waals surface area contributed by atoms with Gasteiger partial charge in [0.1, 0.15) is 5.76 Å². The van der Waals surface area contributed by atoms with E-state index in [9.17, 15) is 4.79 Å². The topological polar surface area (TPSA) is 79.4 Å². The Morgan fingerprint density at radius 3 is 2.92 bits per heavy atom. The van der Waals surface area contributed by atoms with Gasteiger partial charge in [-0.2, -0.15) is 0 Å². The van der Waals surface area contributed by atoms with Crippen molar-refractivity contribution in [3.05, 3.63) is 88.6 Å². The minimum absolute atomic E-state index is 0.121. The molecule has 0 fully saturated rings. The first-order valence-corrected chi connectivity index (χ1v) is 7.98. The van der Waals surface area contributed by atoms with Crippen LogP contribution in [0.1, 0.15) is 17.0 Å². The van der Waals surface area contributed by atoms with E-state index in [0.717, 1.165) is 17.0 Å². The molecule has 0 aliphatic carbocycles. The van der Waals surface area contributed by atoms with E-state index < -0.39 is 0 Å². The zero-order chi connectivity index (χ0) is 17.1. The summed E-state index contributed by atoms with van der Waals surface area (Å²) in [6, 6.07) is 11.1. The van der Waals surface area contributed by atoms with Gasteiger partial charge in [-0.15, -0.1) is 0 Å². The summed E-state index contributed by atoms with van der Waals surface area (Å²) < 4.78 is 6.89. The summed E-state index contributed by atoms with van der Waals surface area (Å²) in [7, 11) is 0. The van der Waals surface area contributed by atoms with Crippen molar-refractivity contribution in [2.24, 2.45) is 0 Å². The maximum absolute atomic E-state index is 12.2. The van der Waals surface area contributed by atoms with Gasteiger partial charge < -0.3 is 4.42 Å². The normalized spacial score (nSPS) is 11.4. The van der Waals surface area contributed by atoms with E-state index in [1.54, 1.807) is 30.8 Å². The molecule has 0 aromatic carbocycles. The zero-order valence-electron chi connectivity index (χ0n) is 13.5. The SMILES string of the molecule is O=c1cc(CN(Cc2cccnc2)Cc2ccco2)nc2cc[nH]n12. The Kier molecular flexibility index (Phi) is 4.14. The highest BCUT2D eigenvalue weighted by molar-refractivity contribution is 5.36. The predicted octanol–water partition coefficient (Wildman–Crippen LogP) is 2.21. The lowest BCUT2D eigenvalue weighted by molar-refractivity contribution is 0.224. The molecule has 126 valence electrons. The molecule has 4 heterocycles. The molecule has 0 saturated heterocycles. The number of hydrogen-bond donors (Lipinski definition) is 1. The molecule has 7 heteroatoms. The van der Waals surface area contributed by atoms with E-state index in [1.807, 2.05) is 30.5 Å². The number of fused-ring (bicyclic) bond motifs is 1. The van der Waals surface area contributed by atoms with Crippen LogP contribution in [0.5, 0.6) is 0 Å². The number of nitrogens with one attached hydrogen (secondary N) is 1. The number of furan rings is 1. The van der Waals surface area contributed by atoms with Crippen molar-refractivity contribution in [3.8, 4) is 0 Å². The quantitative estimate of drug-likeness (QED) is 0.584. The summed E-state index contributed by atoms with van der Waals surface area (Å²) in [4.78, 5) is 23.0. The number of aromatic amines is 1. The van der Waals surface area contributed by atoms with Gasteiger partial charge in [-0.1, -0.05) is 6.07 Å². The Balaban J connectivity index is 1.60. The second-order valence-electron chi connectivity index (χ2n) is 5.83. The number of aromatic nitrogens is 4. The standard InChI is InChI=1S/C18H17N5O2/c24-18-9-15(21-17-5-7-20-23(17)18)12-22(13-16-4-2-8-25-16)11-14-3-1-6-19-10-14/h1-10,20H,11-13H2. The first-order valence-electron chi connectivity index (χ1n) is 7.98. The van der Waals surface area contributed by atoms with Gasteiger partial charge in [-0.25, -0.2) is 9.50 Å². The van der Waals surface area contributed by atoms with E-state index in [-0.39, 0.29) is 5.56 Å². The first-order chi connectivity index (χ1) is 12.3. The highest BCUT2D eigenvalue weighted by atomic mass is 16.3. The molecule has 7 nitrogen and oxygen atoms in total. The molecule has 4 aromatic heterocycles. The fourth-order valence-corrected chi connectivity index (χ4v) is 2.83. The Morgan fingerprint density at radius 1 is 1.16 bits per heavy atom. The lowest BCUT2D eigenvalue weighted by Gasteiger charge is -2.20. The van der Waals surface area contributed by atoms with Crippen molar-refractivity contribution in [1.29, 1.82) is 0 Å². The number of hydrogen-bond acceptors (Lipinski definition) is 5. The van der Waals surface area contributed by atoms with Crippen LogP contribution in [0, 0.1) is 0 Å². The minimum atomic E-state index is -0.121. The Labute approximate surface area is 143 Å². The largest absolute Gasteiger partial charge is 0.468 e. The van der Waals surface area contributed by atoms with Crippen LogP contribution in [-0.4, -0.2) is 24.5 Å². The molecule has 0 unspecified atom stereocenters. The van der Waals surface area contributed by atoms with Crippen LogP contribution in [0.3, 0.4) is 0 Å². The van der Waals surface area contributed by atoms with Crippen LogP contribution in [0.2, 0.25) is 0 Å². The summed E-state index contributed by atoms with van der Waals surface area (Å²) in [6.45, 7) is 1.84. The van der Waals surface area contributed by atoms with Crippen LogP contribution in [0.25, 0.3) is 5.65 Å². The van der Waals surface area contributed by atoms with Crippen LogP contribution >= 0.6 is 0 Å². The second-order valence-corrected chi connectivity index (χ2v) is 5.83. The molecule has 0 radical (unpaired) electrons. The van der Waals surface area contributed by atoms with Gasteiger partial charge in [-0.05, 0) is 23.8 Å². The van der Waals surface area contributed by atoms with Gasteiger partial charge in [0.2, 0.25) is 0 Å². The van der Waals surface area contributed by atoms with Gasteiger partial charge in [0.15, 0.2) is 5.65 Å². The fourth-order valence-electron chi connectivity index (χ4n) is 2.83. The van der Waals surface area contributed by atoms with Crippen molar-refractivity contribution in [1.82, 2.24) is 24.5 Å². The molecule has 0 aliphatic heterocycles. The third-order valence-electron chi connectivity index (χ3n) is 3.91. The predicted molar refractivity (Wildman–Crippen MR) is 91.7 cm³/mol. The smallest absolute Gasteiger partial charge is 0.272 e. The van der Waals surface area contributed by atoms with Crippen LogP contribution in [0.4, 0.5) is 0 Å². The summed E-state index contributed by atoms with van der Waals surface area (Å²) in [5, 5.41) is 2.85. The van der Waals surface area contributed by atoms with Crippen LogP contribution < -0.4 is 5.56 Å². The average Bonchev–Trinajstić information content (AvgIpc) is 3.27. The Morgan fingerprint density at radius 2 is 2.12 bits per heavy atom. The lowest BCUT2D eigenvalue weighted by atomic mass is 10.2. The van der Waals surface area contributed by atoms with Crippen molar-refractivity contribution in [3.63, 3.8) is 0 Å². The van der Waals surface area contributed by atoms with Gasteiger partial charge in [-0.3, -0.25) is 19.8 Å². The number of pyridine rings is 1. The van der Waals surface area contributed by atoms with E-state index >= 15 is 0 Å². The van der Waals surface area contributed by atoms with E-state index in [0.29, 0.717) is 25.3 Å². The highest BCUT2D eigenvalue weighted by Crippen LogP contribution is 2.13. The third kappa shape index (κ3) is 3.51. The molecule has 0 atom stereocenters. The first kappa shape index (κ1) is 15.3. The molecule has 1 N–H and O–H groups in total. The Bertz CT molecular complexity index is 1000. The molecule has 4 rings (SSSR count). The molecule has 0 aliphatic rings. The number of H-pyrrole nitrogens is 1. The monoisotopic (exact) mass is 335 g/mol. The summed E-state index contributed by atoms with van der Waals surface area (Å²) in [6.07, 6.45) is 6.95. The summed E-state index contributed by atoms with van der Waals surface area (Å²) >= 11 is 0. The molecular weight excluding hydrogens is 318 g/mol. The van der Waals surface area contributed by atoms with Gasteiger partial charge >= 0.3 is 0 Å². The van der Waals surface area contributed by atoms with Gasteiger partial charge in [0, 0.05) is 43.8 Å². The molecular formula is C18H17N5O2. The maximum atomic E-state index is 12.2. The van der Waals surface area contributed by atoms with Crippen molar-refractivity contribution < 1.29 is 4.42 Å². The van der Waals surface area contributed by atoms with E-state index in [1.165, 1.54) is 4.52 Å². The average molecular weight is 335 g/mol. The third-order valence-corrected chi connectivity index (χ3v) is 3.91. The summed E-state index contributed by atoms with van der Waals surface area (Å²) in [5.41, 5.74) is 2.31. The number of rotatable bonds is 6. The fraction of sp³-hybridized carbons (Fsp3) is 0.167.